The number of nitrogens with one attached hydrogen (secondary N) is 1. The number of carbonyl (C=O) groups is 2. The van der Waals surface area contributed by atoms with Gasteiger partial charge in [-0.2, -0.15) is 0 Å². The van der Waals surface area contributed by atoms with Crippen LogP contribution in [-0.4, -0.2) is 25.0 Å². The van der Waals surface area contributed by atoms with E-state index in [1.165, 1.54) is 7.11 Å². The highest BCUT2D eigenvalue weighted by molar-refractivity contribution is 6.36. The molecule has 2 rings (SSSR count). The topological polar surface area (TPSA) is 55.4 Å². The minimum Gasteiger partial charge on any atom is -0.467 e. The second-order valence-electron chi connectivity index (χ2n) is 7.28. The van der Waals surface area contributed by atoms with Gasteiger partial charge in [0.05, 0.1) is 7.11 Å². The highest BCUT2D eigenvalue weighted by atomic mass is 35.5. The molecule has 1 atom stereocenters. The van der Waals surface area contributed by atoms with E-state index in [0.29, 0.717) is 21.2 Å². The lowest BCUT2D eigenvalue weighted by atomic mass is 9.86. The van der Waals surface area contributed by atoms with E-state index < -0.39 is 12.0 Å². The van der Waals surface area contributed by atoms with E-state index in [2.05, 4.69) is 26.1 Å². The first-order valence-electron chi connectivity index (χ1n) is 8.55. The molecule has 0 aliphatic heterocycles. The summed E-state index contributed by atoms with van der Waals surface area (Å²) in [5.74, 6) is -0.931. The molecule has 0 unspecified atom stereocenters. The van der Waals surface area contributed by atoms with E-state index in [-0.39, 0.29) is 17.7 Å². The maximum absolute atomic E-state index is 12.6. The van der Waals surface area contributed by atoms with E-state index in [0.717, 1.165) is 5.56 Å². The van der Waals surface area contributed by atoms with Crippen LogP contribution < -0.4 is 5.32 Å². The van der Waals surface area contributed by atoms with Gasteiger partial charge in [0, 0.05) is 22.0 Å². The molecule has 0 aliphatic carbocycles. The van der Waals surface area contributed by atoms with Crippen LogP contribution in [0.5, 0.6) is 0 Å². The van der Waals surface area contributed by atoms with Gasteiger partial charge in [0.15, 0.2) is 0 Å². The quantitative estimate of drug-likeness (QED) is 0.723. The molecule has 27 heavy (non-hydrogen) atoms. The molecule has 6 heteroatoms. The van der Waals surface area contributed by atoms with Gasteiger partial charge >= 0.3 is 5.97 Å². The SMILES string of the molecule is COC(=O)[C@@H](Cc1c(Cl)cccc1Cl)NC(=O)c1ccc(C(C)(C)C)cc1. The van der Waals surface area contributed by atoms with E-state index in [9.17, 15) is 9.59 Å². The monoisotopic (exact) mass is 407 g/mol. The molecule has 0 saturated heterocycles. The first-order chi connectivity index (χ1) is 12.6. The van der Waals surface area contributed by atoms with Crippen LogP contribution in [0.1, 0.15) is 42.3 Å². The van der Waals surface area contributed by atoms with Crippen molar-refractivity contribution in [1.82, 2.24) is 5.32 Å². The summed E-state index contributed by atoms with van der Waals surface area (Å²) < 4.78 is 4.83. The first kappa shape index (κ1) is 21.3. The van der Waals surface area contributed by atoms with E-state index in [1.807, 2.05) is 12.1 Å². The van der Waals surface area contributed by atoms with Crippen LogP contribution in [0.15, 0.2) is 42.5 Å². The second-order valence-corrected chi connectivity index (χ2v) is 8.10. The smallest absolute Gasteiger partial charge is 0.328 e. The van der Waals surface area contributed by atoms with Gasteiger partial charge < -0.3 is 10.1 Å². The van der Waals surface area contributed by atoms with Crippen LogP contribution in [0.25, 0.3) is 0 Å². The summed E-state index contributed by atoms with van der Waals surface area (Å²) in [5.41, 5.74) is 2.15. The molecule has 4 nitrogen and oxygen atoms in total. The molecule has 0 spiro atoms. The summed E-state index contributed by atoms with van der Waals surface area (Å²) in [7, 11) is 1.27. The molecule has 0 saturated carbocycles. The van der Waals surface area contributed by atoms with Crippen molar-refractivity contribution in [3.05, 3.63) is 69.2 Å². The number of hydrogen-bond acceptors (Lipinski definition) is 3. The number of halogens is 2. The predicted molar refractivity (Wildman–Crippen MR) is 109 cm³/mol. The van der Waals surface area contributed by atoms with Gasteiger partial charge in [0.2, 0.25) is 0 Å². The number of amides is 1. The molecule has 0 fully saturated rings. The molecule has 0 bridgehead atoms. The van der Waals surface area contributed by atoms with Crippen molar-refractivity contribution in [2.75, 3.05) is 7.11 Å². The van der Waals surface area contributed by atoms with Gasteiger partial charge in [0.1, 0.15) is 6.04 Å². The van der Waals surface area contributed by atoms with Crippen LogP contribution in [0.3, 0.4) is 0 Å². The van der Waals surface area contributed by atoms with Gasteiger partial charge in [-0.3, -0.25) is 4.79 Å². The molecule has 2 aromatic rings. The molecule has 1 amide bonds. The maximum Gasteiger partial charge on any atom is 0.328 e. The Balaban J connectivity index is 2.21. The molecule has 0 aliphatic rings. The van der Waals surface area contributed by atoms with E-state index in [1.54, 1.807) is 30.3 Å². The molecule has 2 aromatic carbocycles. The van der Waals surface area contributed by atoms with Gasteiger partial charge in [-0.05, 0) is 40.8 Å². The Morgan fingerprint density at radius 2 is 1.59 bits per heavy atom. The lowest BCUT2D eigenvalue weighted by Crippen LogP contribution is -2.43. The molecular weight excluding hydrogens is 385 g/mol. The zero-order chi connectivity index (χ0) is 20.2. The Kier molecular flexibility index (Phi) is 6.90. The Labute approximate surface area is 169 Å². The minimum absolute atomic E-state index is 0.00956. The van der Waals surface area contributed by atoms with Crippen LogP contribution in [0.2, 0.25) is 10.0 Å². The summed E-state index contributed by atoms with van der Waals surface area (Å²) in [6.45, 7) is 6.30. The van der Waals surface area contributed by atoms with Gasteiger partial charge in [-0.1, -0.05) is 62.2 Å². The third kappa shape index (κ3) is 5.47. The van der Waals surface area contributed by atoms with Crippen molar-refractivity contribution in [2.24, 2.45) is 0 Å². The van der Waals surface area contributed by atoms with Gasteiger partial charge in [-0.15, -0.1) is 0 Å². The van der Waals surface area contributed by atoms with Crippen molar-refractivity contribution in [1.29, 1.82) is 0 Å². The minimum atomic E-state index is -0.901. The summed E-state index contributed by atoms with van der Waals surface area (Å²) in [4.78, 5) is 24.8. The van der Waals surface area contributed by atoms with Crippen LogP contribution in [-0.2, 0) is 21.4 Å². The first-order valence-corrected chi connectivity index (χ1v) is 9.31. The van der Waals surface area contributed by atoms with Crippen molar-refractivity contribution in [3.63, 3.8) is 0 Å². The number of benzene rings is 2. The van der Waals surface area contributed by atoms with Gasteiger partial charge in [0.25, 0.3) is 5.91 Å². The number of ether oxygens (including phenoxy) is 1. The average Bonchev–Trinajstić information content (AvgIpc) is 2.62. The Hall–Kier alpha value is -2.04. The average molecular weight is 408 g/mol. The molecule has 0 heterocycles. The van der Waals surface area contributed by atoms with E-state index in [4.69, 9.17) is 27.9 Å². The lowest BCUT2D eigenvalue weighted by Gasteiger charge is -2.20. The molecule has 0 aromatic heterocycles. The standard InChI is InChI=1S/C21H23Cl2NO3/c1-21(2,3)14-10-8-13(9-11-14)19(25)24-18(20(26)27-4)12-15-16(22)6-5-7-17(15)23/h5-11,18H,12H2,1-4H3,(H,24,25)/t18-/m1/s1. The lowest BCUT2D eigenvalue weighted by molar-refractivity contribution is -0.142. The molecule has 0 radical (unpaired) electrons. The van der Waals surface area contributed by atoms with Crippen LogP contribution in [0.4, 0.5) is 0 Å². The number of esters is 1. The summed E-state index contributed by atoms with van der Waals surface area (Å²) in [6.07, 6.45) is 0.136. The number of methoxy groups -OCH3 is 1. The zero-order valence-electron chi connectivity index (χ0n) is 15.8. The maximum atomic E-state index is 12.6. The van der Waals surface area contributed by atoms with Crippen LogP contribution in [0, 0.1) is 0 Å². The fourth-order valence-electron chi connectivity index (χ4n) is 2.63. The van der Waals surface area contributed by atoms with Crippen molar-refractivity contribution in [3.8, 4) is 0 Å². The molecule has 144 valence electrons. The molecule has 1 N–H and O–H groups in total. The summed E-state index contributed by atoms with van der Waals surface area (Å²) in [6, 6.07) is 11.5. The third-order valence-electron chi connectivity index (χ3n) is 4.27. The van der Waals surface area contributed by atoms with Gasteiger partial charge in [-0.25, -0.2) is 4.79 Å². The van der Waals surface area contributed by atoms with E-state index >= 15 is 0 Å². The Morgan fingerprint density at radius 1 is 1.04 bits per heavy atom. The third-order valence-corrected chi connectivity index (χ3v) is 4.98. The predicted octanol–water partition coefficient (Wildman–Crippen LogP) is 4.81. The number of hydrogen-bond donors (Lipinski definition) is 1. The van der Waals surface area contributed by atoms with Crippen molar-refractivity contribution in [2.45, 2.75) is 38.6 Å². The normalized spacial score (nSPS) is 12.4. The molecular formula is C21H23Cl2NO3. The highest BCUT2D eigenvalue weighted by Gasteiger charge is 2.25. The largest absolute Gasteiger partial charge is 0.467 e. The fraction of sp³-hybridized carbons (Fsp3) is 0.333. The number of carbonyl (C=O) groups excluding carboxylic acids is 2. The Bertz CT molecular complexity index is 806. The van der Waals surface area contributed by atoms with Crippen molar-refractivity contribution < 1.29 is 14.3 Å². The summed E-state index contributed by atoms with van der Waals surface area (Å²) in [5, 5.41) is 3.58. The fourth-order valence-corrected chi connectivity index (χ4v) is 3.18. The second kappa shape index (κ2) is 8.77. The highest BCUT2D eigenvalue weighted by Crippen LogP contribution is 2.26. The Morgan fingerprint density at radius 3 is 2.07 bits per heavy atom. The van der Waals surface area contributed by atoms with Crippen LogP contribution >= 0.6 is 23.2 Å². The zero-order valence-corrected chi connectivity index (χ0v) is 17.3. The summed E-state index contributed by atoms with van der Waals surface area (Å²) >= 11 is 12.4. The van der Waals surface area contributed by atoms with Crippen molar-refractivity contribution >= 4 is 35.1 Å². The number of rotatable bonds is 5.